The molecule has 2 N–H and O–H groups in total. The maximum absolute atomic E-state index is 12.3. The zero-order valence-corrected chi connectivity index (χ0v) is 15.7. The minimum absolute atomic E-state index is 0.0581. The number of aliphatic hydroxyl groups excluding tert-OH is 1. The highest BCUT2D eigenvalue weighted by Crippen LogP contribution is 2.26. The van der Waals surface area contributed by atoms with Crippen molar-refractivity contribution in [3.05, 3.63) is 0 Å². The third kappa shape index (κ3) is 5.92. The molecule has 2 aliphatic rings. The fourth-order valence-electron chi connectivity index (χ4n) is 4.23. The van der Waals surface area contributed by atoms with Crippen LogP contribution in [0.5, 0.6) is 0 Å². The molecule has 0 saturated heterocycles. The minimum atomic E-state index is 0.0581. The molecule has 2 fully saturated rings. The van der Waals surface area contributed by atoms with E-state index in [1.807, 2.05) is 11.9 Å². The van der Waals surface area contributed by atoms with Crippen LogP contribution >= 0.6 is 0 Å². The molecule has 5 heteroatoms. The molecule has 2 rings (SSSR count). The Morgan fingerprint density at radius 3 is 2.29 bits per heavy atom. The van der Waals surface area contributed by atoms with Crippen molar-refractivity contribution in [3.8, 4) is 0 Å². The third-order valence-electron chi connectivity index (χ3n) is 6.10. The third-order valence-corrected chi connectivity index (χ3v) is 6.10. The molecule has 0 aromatic heterocycles. The van der Waals surface area contributed by atoms with Gasteiger partial charge in [-0.1, -0.05) is 19.3 Å². The molecule has 0 aromatic rings. The van der Waals surface area contributed by atoms with E-state index < -0.39 is 0 Å². The van der Waals surface area contributed by atoms with Crippen molar-refractivity contribution in [3.63, 3.8) is 0 Å². The van der Waals surface area contributed by atoms with Crippen LogP contribution in [-0.4, -0.2) is 66.8 Å². The Kier molecular flexibility index (Phi) is 8.33. The Balaban J connectivity index is 1.58. The molecule has 140 valence electrons. The van der Waals surface area contributed by atoms with E-state index in [4.69, 9.17) is 0 Å². The molecule has 24 heavy (non-hydrogen) atoms. The molecule has 0 aromatic carbocycles. The van der Waals surface area contributed by atoms with Crippen molar-refractivity contribution in [1.29, 1.82) is 0 Å². The number of aliphatic hydroxyl groups is 1. The van der Waals surface area contributed by atoms with Gasteiger partial charge in [-0.15, -0.1) is 0 Å². The molecule has 0 bridgehead atoms. The minimum Gasteiger partial charge on any atom is -0.396 e. The lowest BCUT2D eigenvalue weighted by atomic mass is 9.86. The van der Waals surface area contributed by atoms with Crippen LogP contribution in [0.4, 0.5) is 4.79 Å². The Morgan fingerprint density at radius 1 is 1.00 bits per heavy atom. The summed E-state index contributed by atoms with van der Waals surface area (Å²) in [7, 11) is 4.14. The Hall–Kier alpha value is -0.810. The molecule has 0 heterocycles. The van der Waals surface area contributed by atoms with E-state index in [0.717, 1.165) is 51.2 Å². The van der Waals surface area contributed by atoms with Crippen molar-refractivity contribution >= 4 is 6.03 Å². The predicted octanol–water partition coefficient (Wildman–Crippen LogP) is 2.83. The highest BCUT2D eigenvalue weighted by atomic mass is 16.3. The van der Waals surface area contributed by atoms with Crippen LogP contribution in [-0.2, 0) is 0 Å². The molecular weight excluding hydrogens is 302 g/mol. The Morgan fingerprint density at radius 2 is 1.67 bits per heavy atom. The molecule has 0 spiro atoms. The SMILES string of the molecule is CN(CCCNC(=O)N(C)C1CCC(CO)CC1)C1CCCCC1. The highest BCUT2D eigenvalue weighted by molar-refractivity contribution is 5.74. The van der Waals surface area contributed by atoms with Gasteiger partial charge < -0.3 is 20.2 Å². The number of hydrogen-bond acceptors (Lipinski definition) is 3. The summed E-state index contributed by atoms with van der Waals surface area (Å²) in [5.41, 5.74) is 0. The molecule has 0 unspecified atom stereocenters. The Bertz CT molecular complexity index is 364. The lowest BCUT2D eigenvalue weighted by Crippen LogP contribution is -2.45. The first-order valence-corrected chi connectivity index (χ1v) is 9.93. The summed E-state index contributed by atoms with van der Waals surface area (Å²) in [5, 5.41) is 12.3. The summed E-state index contributed by atoms with van der Waals surface area (Å²) in [6, 6.07) is 1.14. The fraction of sp³-hybridized carbons (Fsp3) is 0.947. The number of urea groups is 1. The number of nitrogens with zero attached hydrogens (tertiary/aromatic N) is 2. The number of carbonyl (C=O) groups is 1. The number of carbonyl (C=O) groups excluding carboxylic acids is 1. The van der Waals surface area contributed by atoms with Crippen molar-refractivity contribution in [2.75, 3.05) is 33.8 Å². The molecule has 2 saturated carbocycles. The largest absolute Gasteiger partial charge is 0.396 e. The molecule has 2 amide bonds. The topological polar surface area (TPSA) is 55.8 Å². The smallest absolute Gasteiger partial charge is 0.317 e. The van der Waals surface area contributed by atoms with Crippen LogP contribution in [0.15, 0.2) is 0 Å². The first-order valence-electron chi connectivity index (χ1n) is 9.93. The highest BCUT2D eigenvalue weighted by Gasteiger charge is 2.26. The second-order valence-corrected chi connectivity index (χ2v) is 7.83. The van der Waals surface area contributed by atoms with Gasteiger partial charge in [0.2, 0.25) is 0 Å². The zero-order chi connectivity index (χ0) is 17.4. The van der Waals surface area contributed by atoms with Gasteiger partial charge in [0.05, 0.1) is 0 Å². The van der Waals surface area contributed by atoms with E-state index in [0.29, 0.717) is 12.0 Å². The quantitative estimate of drug-likeness (QED) is 0.701. The monoisotopic (exact) mass is 339 g/mol. The van der Waals surface area contributed by atoms with Gasteiger partial charge in [0.1, 0.15) is 0 Å². The van der Waals surface area contributed by atoms with Gasteiger partial charge in [-0.2, -0.15) is 0 Å². The first-order chi connectivity index (χ1) is 11.6. The van der Waals surface area contributed by atoms with Gasteiger partial charge in [0.15, 0.2) is 0 Å². The first kappa shape index (κ1) is 19.5. The van der Waals surface area contributed by atoms with Gasteiger partial charge in [-0.05, 0) is 64.5 Å². The molecule has 2 aliphatic carbocycles. The molecule has 5 nitrogen and oxygen atoms in total. The van der Waals surface area contributed by atoms with E-state index in [9.17, 15) is 9.90 Å². The lowest BCUT2D eigenvalue weighted by molar-refractivity contribution is 0.133. The second kappa shape index (κ2) is 10.2. The molecule has 0 aliphatic heterocycles. The van der Waals surface area contributed by atoms with Crippen LogP contribution < -0.4 is 5.32 Å². The molecular formula is C19H37N3O2. The van der Waals surface area contributed by atoms with E-state index in [2.05, 4.69) is 17.3 Å². The fourth-order valence-corrected chi connectivity index (χ4v) is 4.23. The molecule has 0 radical (unpaired) electrons. The number of hydrogen-bond donors (Lipinski definition) is 2. The van der Waals surface area contributed by atoms with Crippen molar-refractivity contribution < 1.29 is 9.90 Å². The maximum atomic E-state index is 12.3. The lowest BCUT2D eigenvalue weighted by Gasteiger charge is -2.34. The van der Waals surface area contributed by atoms with E-state index in [-0.39, 0.29) is 12.6 Å². The predicted molar refractivity (Wildman–Crippen MR) is 98.1 cm³/mol. The summed E-state index contributed by atoms with van der Waals surface area (Å²) in [6.07, 6.45) is 11.9. The van der Waals surface area contributed by atoms with Gasteiger partial charge in [-0.25, -0.2) is 4.79 Å². The van der Waals surface area contributed by atoms with Gasteiger partial charge in [0.25, 0.3) is 0 Å². The number of rotatable bonds is 7. The second-order valence-electron chi connectivity index (χ2n) is 7.83. The number of nitrogens with one attached hydrogen (secondary N) is 1. The van der Waals surface area contributed by atoms with Gasteiger partial charge >= 0.3 is 6.03 Å². The van der Waals surface area contributed by atoms with Crippen molar-refractivity contribution in [1.82, 2.24) is 15.1 Å². The van der Waals surface area contributed by atoms with Crippen LogP contribution in [0, 0.1) is 5.92 Å². The van der Waals surface area contributed by atoms with E-state index in [1.54, 1.807) is 0 Å². The van der Waals surface area contributed by atoms with Gasteiger partial charge in [-0.3, -0.25) is 0 Å². The van der Waals surface area contributed by atoms with Crippen LogP contribution in [0.1, 0.15) is 64.2 Å². The normalized spacial score (nSPS) is 25.7. The van der Waals surface area contributed by atoms with Crippen LogP contribution in [0.3, 0.4) is 0 Å². The van der Waals surface area contributed by atoms with Crippen molar-refractivity contribution in [2.45, 2.75) is 76.3 Å². The van der Waals surface area contributed by atoms with E-state index in [1.165, 1.54) is 32.1 Å². The van der Waals surface area contributed by atoms with Crippen LogP contribution in [0.25, 0.3) is 0 Å². The molecule has 0 atom stereocenters. The summed E-state index contributed by atoms with van der Waals surface area (Å²) < 4.78 is 0. The zero-order valence-electron chi connectivity index (χ0n) is 15.7. The summed E-state index contributed by atoms with van der Waals surface area (Å²) in [4.78, 5) is 16.6. The summed E-state index contributed by atoms with van der Waals surface area (Å²) in [6.45, 7) is 2.11. The summed E-state index contributed by atoms with van der Waals surface area (Å²) >= 11 is 0. The van der Waals surface area contributed by atoms with E-state index >= 15 is 0 Å². The van der Waals surface area contributed by atoms with Crippen molar-refractivity contribution in [2.24, 2.45) is 5.92 Å². The Labute approximate surface area is 147 Å². The maximum Gasteiger partial charge on any atom is 0.317 e. The average molecular weight is 340 g/mol. The standard InChI is InChI=1S/C19H37N3O2/c1-21(17-7-4-3-5-8-17)14-6-13-20-19(24)22(2)18-11-9-16(15-23)10-12-18/h16-18,23H,3-15H2,1-2H3,(H,20,24). The summed E-state index contributed by atoms with van der Waals surface area (Å²) in [5.74, 6) is 0.438. The number of amides is 2. The average Bonchev–Trinajstić information content (AvgIpc) is 2.65. The van der Waals surface area contributed by atoms with Crippen LogP contribution in [0.2, 0.25) is 0 Å². The van der Waals surface area contributed by atoms with Gasteiger partial charge in [0, 0.05) is 32.3 Å².